The van der Waals surface area contributed by atoms with Gasteiger partial charge in [-0.25, -0.2) is 0 Å². The van der Waals surface area contributed by atoms with E-state index in [-0.39, 0.29) is 17.7 Å². The van der Waals surface area contributed by atoms with E-state index >= 15 is 0 Å². The van der Waals surface area contributed by atoms with Crippen molar-refractivity contribution in [2.75, 3.05) is 0 Å². The molecular weight excluding hydrogens is 186 g/mol. The highest BCUT2D eigenvalue weighted by atomic mass is 16.1. The highest BCUT2D eigenvalue weighted by molar-refractivity contribution is 5.97. The largest absolute Gasteiger partial charge is 0.328 e. The lowest BCUT2D eigenvalue weighted by Gasteiger charge is -2.25. The van der Waals surface area contributed by atoms with Crippen LogP contribution in [-0.4, -0.2) is 11.8 Å². The smallest absolute Gasteiger partial charge is 0.165 e. The zero-order valence-electron chi connectivity index (χ0n) is 8.86. The Bertz CT molecular complexity index is 334. The van der Waals surface area contributed by atoms with E-state index < -0.39 is 0 Å². The Hall–Kier alpha value is -1.15. The minimum absolute atomic E-state index is 0.149. The van der Waals surface area contributed by atoms with Crippen LogP contribution < -0.4 is 5.73 Å². The maximum absolute atomic E-state index is 12.1. The Morgan fingerprint density at radius 2 is 1.93 bits per heavy atom. The van der Waals surface area contributed by atoms with E-state index in [1.165, 1.54) is 0 Å². The molecule has 1 aliphatic carbocycles. The third-order valence-electron chi connectivity index (χ3n) is 3.14. The van der Waals surface area contributed by atoms with Crippen molar-refractivity contribution in [2.45, 2.75) is 31.7 Å². The van der Waals surface area contributed by atoms with E-state index in [0.717, 1.165) is 31.2 Å². The summed E-state index contributed by atoms with van der Waals surface area (Å²) in [5, 5.41) is 0. The molecule has 0 aromatic heterocycles. The summed E-state index contributed by atoms with van der Waals surface area (Å²) in [5.74, 6) is 0.418. The molecule has 0 saturated heterocycles. The van der Waals surface area contributed by atoms with E-state index in [4.69, 9.17) is 5.73 Å². The quantitative estimate of drug-likeness (QED) is 0.750. The number of Topliss-reactive ketones (excluding diaryl/α,β-unsaturated/α-hetero) is 1. The van der Waals surface area contributed by atoms with Crippen LogP contribution in [0, 0.1) is 5.92 Å². The minimum atomic E-state index is 0.149. The van der Waals surface area contributed by atoms with Crippen LogP contribution in [0.1, 0.15) is 36.0 Å². The number of carbonyl (C=O) groups is 1. The Morgan fingerprint density at radius 3 is 2.60 bits per heavy atom. The van der Waals surface area contributed by atoms with Crippen LogP contribution in [0.15, 0.2) is 30.3 Å². The number of hydrogen-bond donors (Lipinski definition) is 1. The second-order valence-corrected chi connectivity index (χ2v) is 4.35. The van der Waals surface area contributed by atoms with Gasteiger partial charge in [-0.2, -0.15) is 0 Å². The van der Waals surface area contributed by atoms with Gasteiger partial charge >= 0.3 is 0 Å². The maximum atomic E-state index is 12.1. The predicted octanol–water partition coefficient (Wildman–Crippen LogP) is 2.39. The molecule has 80 valence electrons. The Morgan fingerprint density at radius 1 is 1.20 bits per heavy atom. The summed E-state index contributed by atoms with van der Waals surface area (Å²) in [4.78, 5) is 12.1. The summed E-state index contributed by atoms with van der Waals surface area (Å²) >= 11 is 0. The van der Waals surface area contributed by atoms with E-state index in [9.17, 15) is 4.79 Å². The first-order valence-corrected chi connectivity index (χ1v) is 5.62. The van der Waals surface area contributed by atoms with Crippen molar-refractivity contribution in [3.8, 4) is 0 Å². The molecule has 0 heterocycles. The minimum Gasteiger partial charge on any atom is -0.328 e. The van der Waals surface area contributed by atoms with E-state index in [0.29, 0.717) is 0 Å². The predicted molar refractivity (Wildman–Crippen MR) is 60.7 cm³/mol. The zero-order chi connectivity index (χ0) is 10.7. The van der Waals surface area contributed by atoms with Crippen molar-refractivity contribution < 1.29 is 4.79 Å². The summed E-state index contributed by atoms with van der Waals surface area (Å²) in [6.45, 7) is 0. The average molecular weight is 203 g/mol. The molecule has 0 bridgehead atoms. The summed E-state index contributed by atoms with van der Waals surface area (Å²) < 4.78 is 0. The molecule has 1 aromatic rings. The van der Waals surface area contributed by atoms with Crippen molar-refractivity contribution in [2.24, 2.45) is 11.7 Å². The molecule has 2 rings (SSSR count). The zero-order valence-corrected chi connectivity index (χ0v) is 8.86. The molecule has 1 fully saturated rings. The first-order valence-electron chi connectivity index (χ1n) is 5.62. The molecular formula is C13H17NO. The Balaban J connectivity index is 2.08. The molecule has 1 aliphatic rings. The highest BCUT2D eigenvalue weighted by Gasteiger charge is 2.25. The maximum Gasteiger partial charge on any atom is 0.165 e. The summed E-state index contributed by atoms with van der Waals surface area (Å²) in [7, 11) is 0. The molecule has 2 atom stereocenters. The van der Waals surface area contributed by atoms with Gasteiger partial charge < -0.3 is 5.73 Å². The van der Waals surface area contributed by atoms with Crippen molar-refractivity contribution in [3.63, 3.8) is 0 Å². The molecule has 0 radical (unpaired) electrons. The fraction of sp³-hybridized carbons (Fsp3) is 0.462. The second-order valence-electron chi connectivity index (χ2n) is 4.35. The number of ketones is 1. The third kappa shape index (κ3) is 2.45. The van der Waals surface area contributed by atoms with E-state index in [1.807, 2.05) is 30.3 Å². The monoisotopic (exact) mass is 203 g/mol. The van der Waals surface area contributed by atoms with Gasteiger partial charge in [0.15, 0.2) is 5.78 Å². The molecule has 0 amide bonds. The first kappa shape index (κ1) is 10.4. The van der Waals surface area contributed by atoms with Gasteiger partial charge in [0.2, 0.25) is 0 Å². The molecule has 2 N–H and O–H groups in total. The Kier molecular flexibility index (Phi) is 3.17. The van der Waals surface area contributed by atoms with E-state index in [1.54, 1.807) is 0 Å². The van der Waals surface area contributed by atoms with Crippen LogP contribution in [0.25, 0.3) is 0 Å². The fourth-order valence-corrected chi connectivity index (χ4v) is 2.30. The number of benzene rings is 1. The van der Waals surface area contributed by atoms with Crippen molar-refractivity contribution in [3.05, 3.63) is 35.9 Å². The van der Waals surface area contributed by atoms with Crippen molar-refractivity contribution >= 4 is 5.78 Å². The first-order chi connectivity index (χ1) is 7.27. The molecule has 15 heavy (non-hydrogen) atoms. The lowest BCUT2D eigenvalue weighted by atomic mass is 9.81. The standard InChI is InChI=1S/C13H17NO/c14-12-8-4-7-11(9-12)13(15)10-5-2-1-3-6-10/h1-3,5-6,11-12H,4,7-9,14H2/t11-,12+/m0/s1. The lowest BCUT2D eigenvalue weighted by Crippen LogP contribution is -2.31. The van der Waals surface area contributed by atoms with Crippen molar-refractivity contribution in [1.29, 1.82) is 0 Å². The van der Waals surface area contributed by atoms with Gasteiger partial charge in [-0.3, -0.25) is 4.79 Å². The Labute approximate surface area is 90.5 Å². The fourth-order valence-electron chi connectivity index (χ4n) is 2.30. The normalized spacial score (nSPS) is 26.2. The molecule has 1 saturated carbocycles. The molecule has 0 spiro atoms. The van der Waals surface area contributed by atoms with Gasteiger partial charge in [0.1, 0.15) is 0 Å². The van der Waals surface area contributed by atoms with E-state index in [2.05, 4.69) is 0 Å². The molecule has 1 aromatic carbocycles. The molecule has 0 unspecified atom stereocenters. The number of nitrogens with two attached hydrogens (primary N) is 1. The van der Waals surface area contributed by atoms with Gasteiger partial charge in [-0.15, -0.1) is 0 Å². The van der Waals surface area contributed by atoms with Crippen LogP contribution in [0.3, 0.4) is 0 Å². The van der Waals surface area contributed by atoms with Gasteiger partial charge in [-0.05, 0) is 19.3 Å². The molecule has 0 aliphatic heterocycles. The van der Waals surface area contributed by atoms with Gasteiger partial charge in [0.05, 0.1) is 0 Å². The molecule has 2 nitrogen and oxygen atoms in total. The van der Waals surface area contributed by atoms with Crippen LogP contribution in [-0.2, 0) is 0 Å². The third-order valence-corrected chi connectivity index (χ3v) is 3.14. The van der Waals surface area contributed by atoms with Crippen molar-refractivity contribution in [1.82, 2.24) is 0 Å². The van der Waals surface area contributed by atoms with Crippen LogP contribution in [0.4, 0.5) is 0 Å². The topological polar surface area (TPSA) is 43.1 Å². The highest BCUT2D eigenvalue weighted by Crippen LogP contribution is 2.26. The number of carbonyl (C=O) groups excluding carboxylic acids is 1. The second kappa shape index (κ2) is 4.58. The van der Waals surface area contributed by atoms with Gasteiger partial charge in [0.25, 0.3) is 0 Å². The van der Waals surface area contributed by atoms with Crippen LogP contribution in [0.5, 0.6) is 0 Å². The average Bonchev–Trinajstić information content (AvgIpc) is 2.29. The summed E-state index contributed by atoms with van der Waals surface area (Å²) in [5.41, 5.74) is 6.72. The van der Waals surface area contributed by atoms with Crippen LogP contribution in [0.2, 0.25) is 0 Å². The van der Waals surface area contributed by atoms with Crippen LogP contribution >= 0.6 is 0 Å². The SMILES string of the molecule is N[C@@H]1CCC[C@H](C(=O)c2ccccc2)C1. The lowest BCUT2D eigenvalue weighted by molar-refractivity contribution is 0.0881. The van der Waals surface area contributed by atoms with Gasteiger partial charge in [-0.1, -0.05) is 36.8 Å². The summed E-state index contributed by atoms with van der Waals surface area (Å²) in [6.07, 6.45) is 4.01. The summed E-state index contributed by atoms with van der Waals surface area (Å²) in [6, 6.07) is 9.76. The molecule has 2 heteroatoms. The van der Waals surface area contributed by atoms with Gasteiger partial charge in [0, 0.05) is 17.5 Å². The number of hydrogen-bond acceptors (Lipinski definition) is 2. The number of rotatable bonds is 2.